The summed E-state index contributed by atoms with van der Waals surface area (Å²) in [6.45, 7) is 2.95. The van der Waals surface area contributed by atoms with Gasteiger partial charge in [0.1, 0.15) is 12.2 Å². The molecule has 0 radical (unpaired) electrons. The Bertz CT molecular complexity index is 1390. The van der Waals surface area contributed by atoms with Crippen molar-refractivity contribution < 1.29 is 27.3 Å². The van der Waals surface area contributed by atoms with Crippen LogP contribution in [-0.2, 0) is 12.7 Å². The number of anilines is 1. The minimum absolute atomic E-state index is 0.0539. The van der Waals surface area contributed by atoms with Crippen LogP contribution in [0.15, 0.2) is 40.9 Å². The number of hydrogen-bond donors (Lipinski definition) is 2. The summed E-state index contributed by atoms with van der Waals surface area (Å²) in [6.07, 6.45) is -4.84. The van der Waals surface area contributed by atoms with Crippen LogP contribution in [-0.4, -0.2) is 31.7 Å². The lowest BCUT2D eigenvalue weighted by molar-refractivity contribution is -0.140. The highest BCUT2D eigenvalue weighted by molar-refractivity contribution is 6.14. The molecule has 3 N–H and O–H groups in total. The van der Waals surface area contributed by atoms with Gasteiger partial charge in [-0.2, -0.15) is 18.3 Å². The Kier molecular flexibility index (Phi) is 5.36. The number of halogens is 3. The Morgan fingerprint density at radius 2 is 1.91 bits per heavy atom. The smallest absolute Gasteiger partial charge is 0.364 e. The fourth-order valence-corrected chi connectivity index (χ4v) is 3.36. The van der Waals surface area contributed by atoms with Crippen molar-refractivity contribution in [2.75, 3.05) is 5.32 Å². The van der Waals surface area contributed by atoms with Crippen LogP contribution in [0.2, 0.25) is 0 Å². The van der Waals surface area contributed by atoms with Crippen molar-refractivity contribution in [2.24, 2.45) is 5.73 Å². The summed E-state index contributed by atoms with van der Waals surface area (Å²) >= 11 is 0. The summed E-state index contributed by atoms with van der Waals surface area (Å²) in [5.41, 5.74) is 4.19. The van der Waals surface area contributed by atoms with E-state index >= 15 is 0 Å². The summed E-state index contributed by atoms with van der Waals surface area (Å²) < 4.78 is 47.3. The van der Waals surface area contributed by atoms with Gasteiger partial charge < -0.3 is 15.6 Å². The van der Waals surface area contributed by atoms with E-state index in [1.54, 1.807) is 37.3 Å². The summed E-state index contributed by atoms with van der Waals surface area (Å²) in [5, 5.41) is 10.00. The van der Waals surface area contributed by atoms with Gasteiger partial charge in [-0.1, -0.05) is 23.4 Å². The van der Waals surface area contributed by atoms with Gasteiger partial charge in [0.25, 0.3) is 11.8 Å². The molecule has 0 saturated carbocycles. The van der Waals surface area contributed by atoms with Crippen LogP contribution in [0.5, 0.6) is 0 Å². The normalized spacial score (nSPS) is 11.7. The Balaban J connectivity index is 1.77. The maximum absolute atomic E-state index is 13.7. The summed E-state index contributed by atoms with van der Waals surface area (Å²) in [4.78, 5) is 28.8. The molecule has 0 aliphatic carbocycles. The first-order chi connectivity index (χ1) is 15.5. The van der Waals surface area contributed by atoms with E-state index < -0.39 is 29.4 Å². The average molecular weight is 458 g/mol. The van der Waals surface area contributed by atoms with E-state index in [0.29, 0.717) is 22.4 Å². The topological polar surface area (TPSA) is 129 Å². The highest BCUT2D eigenvalue weighted by Crippen LogP contribution is 2.36. The number of carbonyl (C=O) groups excluding carboxylic acids is 2. The first-order valence-corrected chi connectivity index (χ1v) is 9.62. The van der Waals surface area contributed by atoms with Crippen LogP contribution in [0.3, 0.4) is 0 Å². The molecule has 1 aromatic carbocycles. The fourth-order valence-electron chi connectivity index (χ4n) is 3.36. The minimum atomic E-state index is -4.84. The number of aromatic nitrogens is 4. The lowest BCUT2D eigenvalue weighted by atomic mass is 10.1. The number of pyridine rings is 1. The second kappa shape index (κ2) is 8.04. The second-order valence-corrected chi connectivity index (χ2v) is 7.29. The van der Waals surface area contributed by atoms with Gasteiger partial charge in [0, 0.05) is 11.5 Å². The summed E-state index contributed by atoms with van der Waals surface area (Å²) in [6, 6.07) is 9.11. The SMILES string of the molecule is Cc1cc(Cn2nc(C(F)(F)F)c(NC(=O)c3cc(C(N)=O)nc4ccccc34)c2C)on1. The van der Waals surface area contributed by atoms with Crippen molar-refractivity contribution in [1.82, 2.24) is 19.9 Å². The molecule has 0 spiro atoms. The summed E-state index contributed by atoms with van der Waals surface area (Å²) in [5.74, 6) is -1.45. The Morgan fingerprint density at radius 3 is 2.55 bits per heavy atom. The van der Waals surface area contributed by atoms with Crippen LogP contribution in [0.25, 0.3) is 10.9 Å². The maximum Gasteiger partial charge on any atom is 0.437 e. The molecular weight excluding hydrogens is 441 g/mol. The number of para-hydroxylation sites is 1. The number of hydrogen-bond acceptors (Lipinski definition) is 6. The zero-order valence-corrected chi connectivity index (χ0v) is 17.4. The number of fused-ring (bicyclic) bond motifs is 1. The van der Waals surface area contributed by atoms with Crippen LogP contribution in [0.4, 0.5) is 18.9 Å². The van der Waals surface area contributed by atoms with Crippen molar-refractivity contribution >= 4 is 28.4 Å². The molecule has 0 fully saturated rings. The average Bonchev–Trinajstić information content (AvgIpc) is 3.30. The molecule has 3 aromatic heterocycles. The van der Waals surface area contributed by atoms with E-state index in [-0.39, 0.29) is 23.5 Å². The molecule has 4 rings (SSSR count). The molecule has 0 atom stereocenters. The van der Waals surface area contributed by atoms with Gasteiger partial charge in [0.05, 0.1) is 28.2 Å². The number of carbonyl (C=O) groups is 2. The third-order valence-corrected chi connectivity index (χ3v) is 4.91. The van der Waals surface area contributed by atoms with Crippen molar-refractivity contribution in [2.45, 2.75) is 26.6 Å². The molecule has 170 valence electrons. The van der Waals surface area contributed by atoms with E-state index in [0.717, 1.165) is 10.7 Å². The third-order valence-electron chi connectivity index (χ3n) is 4.91. The molecule has 2 amide bonds. The Labute approximate surface area is 184 Å². The lowest BCUT2D eigenvalue weighted by Gasteiger charge is -2.11. The zero-order chi connectivity index (χ0) is 23.9. The summed E-state index contributed by atoms with van der Waals surface area (Å²) in [7, 11) is 0. The number of benzene rings is 1. The van der Waals surface area contributed by atoms with Gasteiger partial charge in [-0.15, -0.1) is 0 Å². The second-order valence-electron chi connectivity index (χ2n) is 7.29. The van der Waals surface area contributed by atoms with E-state index in [1.807, 2.05) is 0 Å². The molecule has 4 aromatic rings. The molecule has 33 heavy (non-hydrogen) atoms. The number of primary amides is 1. The van der Waals surface area contributed by atoms with Gasteiger partial charge in [0.15, 0.2) is 11.5 Å². The predicted octanol–water partition coefficient (Wildman–Crippen LogP) is 3.45. The van der Waals surface area contributed by atoms with E-state index in [9.17, 15) is 22.8 Å². The van der Waals surface area contributed by atoms with Gasteiger partial charge in [-0.3, -0.25) is 14.3 Å². The highest BCUT2D eigenvalue weighted by atomic mass is 19.4. The molecule has 0 saturated heterocycles. The first-order valence-electron chi connectivity index (χ1n) is 9.62. The van der Waals surface area contributed by atoms with Crippen LogP contribution < -0.4 is 11.1 Å². The number of alkyl halides is 3. The van der Waals surface area contributed by atoms with Gasteiger partial charge in [0.2, 0.25) is 0 Å². The predicted molar refractivity (Wildman–Crippen MR) is 111 cm³/mol. The van der Waals surface area contributed by atoms with Gasteiger partial charge >= 0.3 is 6.18 Å². The number of nitrogens with two attached hydrogens (primary N) is 1. The Morgan fingerprint density at radius 1 is 1.18 bits per heavy atom. The van der Waals surface area contributed by atoms with Gasteiger partial charge in [-0.25, -0.2) is 4.98 Å². The third kappa shape index (κ3) is 4.27. The number of amides is 2. The van der Waals surface area contributed by atoms with E-state index in [2.05, 4.69) is 20.6 Å². The van der Waals surface area contributed by atoms with Crippen molar-refractivity contribution in [3.63, 3.8) is 0 Å². The molecule has 0 unspecified atom stereocenters. The van der Waals surface area contributed by atoms with Crippen molar-refractivity contribution in [3.8, 4) is 0 Å². The number of aryl methyl sites for hydroxylation is 1. The van der Waals surface area contributed by atoms with Crippen molar-refractivity contribution in [3.05, 3.63) is 70.5 Å². The van der Waals surface area contributed by atoms with Crippen molar-refractivity contribution in [1.29, 1.82) is 0 Å². The molecule has 0 aliphatic rings. The number of nitrogens with zero attached hydrogens (tertiary/aromatic N) is 4. The van der Waals surface area contributed by atoms with Gasteiger partial charge in [-0.05, 0) is 26.0 Å². The van der Waals surface area contributed by atoms with E-state index in [4.69, 9.17) is 10.3 Å². The molecule has 12 heteroatoms. The Hall–Kier alpha value is -4.22. The van der Waals surface area contributed by atoms with Crippen LogP contribution >= 0.6 is 0 Å². The first kappa shape index (κ1) is 22.0. The molecule has 9 nitrogen and oxygen atoms in total. The number of rotatable bonds is 5. The molecule has 3 heterocycles. The standard InChI is InChI=1S/C21H17F3N6O3/c1-10-7-12(33-29-10)9-30-11(2)17(18(28-30)21(22,23)24)27-20(32)14-8-16(19(25)31)26-15-6-4-3-5-13(14)15/h3-8H,9H2,1-2H3,(H2,25,31)(H,27,32). The zero-order valence-electron chi connectivity index (χ0n) is 17.4. The minimum Gasteiger partial charge on any atom is -0.364 e. The lowest BCUT2D eigenvalue weighted by Crippen LogP contribution is -2.19. The largest absolute Gasteiger partial charge is 0.437 e. The molecule has 0 aliphatic heterocycles. The van der Waals surface area contributed by atoms with Crippen LogP contribution in [0.1, 0.15) is 43.7 Å². The highest BCUT2D eigenvalue weighted by Gasteiger charge is 2.39. The quantitative estimate of drug-likeness (QED) is 0.471. The fraction of sp³-hybridized carbons (Fsp3) is 0.190. The number of nitrogens with one attached hydrogen (secondary N) is 1. The molecular formula is C21H17F3N6O3. The monoisotopic (exact) mass is 458 g/mol. The molecule has 0 bridgehead atoms. The van der Waals surface area contributed by atoms with E-state index in [1.165, 1.54) is 6.92 Å². The van der Waals surface area contributed by atoms with Crippen LogP contribution in [0, 0.1) is 13.8 Å². The maximum atomic E-state index is 13.7.